The fourth-order valence-corrected chi connectivity index (χ4v) is 10.6. The average Bonchev–Trinajstić information content (AvgIpc) is 3.81. The third kappa shape index (κ3) is 8.19. The molecule has 73 heavy (non-hydrogen) atoms. The average molecular weight is 930 g/mol. The van der Waals surface area contributed by atoms with Gasteiger partial charge in [-0.05, 0) is 98.1 Å². The van der Waals surface area contributed by atoms with Gasteiger partial charge in [-0.3, -0.25) is 0 Å². The van der Waals surface area contributed by atoms with Gasteiger partial charge in [0.2, 0.25) is 0 Å². The molecule has 2 aromatic heterocycles. The SMILES string of the molecule is c1ccc(-c2cc(-c3ccccc3)c3c4cc(-c5ccccc5)c(-c5ccccc5)cc4n(-c4c(-c5ccccc5)cc(-c5cc(-c6ccccc6)nc(-c6ccccc6)n5)cc4-c4ccccc4)c3c2)cc1. The lowest BCUT2D eigenvalue weighted by Crippen LogP contribution is -2.03. The fraction of sp³-hybridized carbons (Fsp3) is 0. The van der Waals surface area contributed by atoms with E-state index in [0.717, 1.165) is 94.9 Å². The molecule has 0 aliphatic rings. The molecule has 0 radical (unpaired) electrons. The van der Waals surface area contributed by atoms with Gasteiger partial charge in [-0.25, -0.2) is 9.97 Å². The number of benzene rings is 11. The van der Waals surface area contributed by atoms with Crippen LogP contribution in [0, 0.1) is 0 Å². The summed E-state index contributed by atoms with van der Waals surface area (Å²) in [6.07, 6.45) is 0. The molecule has 0 bridgehead atoms. The minimum Gasteiger partial charge on any atom is -0.308 e. The van der Waals surface area contributed by atoms with Crippen LogP contribution in [0.4, 0.5) is 0 Å². The molecule has 0 fully saturated rings. The predicted octanol–water partition coefficient (Wildman–Crippen LogP) is 18.6. The second kappa shape index (κ2) is 18.9. The van der Waals surface area contributed by atoms with Crippen molar-refractivity contribution in [2.75, 3.05) is 0 Å². The first-order valence-electron chi connectivity index (χ1n) is 24.9. The van der Waals surface area contributed by atoms with Gasteiger partial charge >= 0.3 is 0 Å². The molecule has 11 aromatic carbocycles. The topological polar surface area (TPSA) is 30.7 Å². The van der Waals surface area contributed by atoms with E-state index in [4.69, 9.17) is 9.97 Å². The molecule has 0 amide bonds. The standard InChI is InChI=1S/C70H47N3/c1-9-25-48(26-10-1)56-41-60(51-31-15-4-16-32-51)68-63-45-58(49-27-11-2-12-28-49)59(50-29-13-3-14-30-50)46-66(63)73(67(68)44-56)69-61(52-33-17-5-18-34-52)42-57(43-62(69)53-35-19-6-20-36-53)65-47-64(54-37-21-7-22-38-54)71-70(72-65)55-39-23-8-24-40-55/h1-47H. The maximum absolute atomic E-state index is 5.42. The molecule has 13 aromatic rings. The lowest BCUT2D eigenvalue weighted by atomic mass is 9.90. The molecular weight excluding hydrogens is 883 g/mol. The van der Waals surface area contributed by atoms with Gasteiger partial charge in [0.15, 0.2) is 5.82 Å². The summed E-state index contributed by atoms with van der Waals surface area (Å²) in [5, 5.41) is 2.36. The summed E-state index contributed by atoms with van der Waals surface area (Å²) >= 11 is 0. The molecule has 3 heteroatoms. The lowest BCUT2D eigenvalue weighted by Gasteiger charge is -2.22. The normalized spacial score (nSPS) is 11.3. The maximum Gasteiger partial charge on any atom is 0.160 e. The summed E-state index contributed by atoms with van der Waals surface area (Å²) < 4.78 is 2.57. The molecule has 0 saturated carbocycles. The van der Waals surface area contributed by atoms with E-state index in [9.17, 15) is 0 Å². The van der Waals surface area contributed by atoms with Crippen molar-refractivity contribution in [1.82, 2.24) is 14.5 Å². The Morgan fingerprint density at radius 1 is 0.233 bits per heavy atom. The molecule has 342 valence electrons. The summed E-state index contributed by atoms with van der Waals surface area (Å²) in [7, 11) is 0. The highest BCUT2D eigenvalue weighted by Gasteiger charge is 2.26. The Morgan fingerprint density at radius 3 is 1.05 bits per heavy atom. The lowest BCUT2D eigenvalue weighted by molar-refractivity contribution is 1.17. The molecule has 0 aliphatic heterocycles. The van der Waals surface area contributed by atoms with Crippen LogP contribution < -0.4 is 0 Å². The van der Waals surface area contributed by atoms with Crippen LogP contribution in [0.1, 0.15) is 0 Å². The smallest absolute Gasteiger partial charge is 0.160 e. The van der Waals surface area contributed by atoms with Crippen molar-refractivity contribution in [3.63, 3.8) is 0 Å². The first-order chi connectivity index (χ1) is 36.2. The quantitative estimate of drug-likeness (QED) is 0.137. The van der Waals surface area contributed by atoms with E-state index < -0.39 is 0 Å². The number of nitrogens with zero attached hydrogens (tertiary/aromatic N) is 3. The Morgan fingerprint density at radius 2 is 0.589 bits per heavy atom. The van der Waals surface area contributed by atoms with Crippen molar-refractivity contribution in [3.8, 4) is 106 Å². The van der Waals surface area contributed by atoms with E-state index in [1.165, 1.54) is 27.5 Å². The second-order valence-electron chi connectivity index (χ2n) is 18.5. The number of hydrogen-bond donors (Lipinski definition) is 0. The second-order valence-corrected chi connectivity index (χ2v) is 18.5. The van der Waals surface area contributed by atoms with Crippen LogP contribution in [0.5, 0.6) is 0 Å². The number of aromatic nitrogens is 3. The molecule has 0 aliphatic carbocycles. The summed E-state index contributed by atoms with van der Waals surface area (Å²) in [6, 6.07) is 102. The number of rotatable bonds is 10. The van der Waals surface area contributed by atoms with E-state index in [-0.39, 0.29) is 0 Å². The van der Waals surface area contributed by atoms with Gasteiger partial charge in [-0.2, -0.15) is 0 Å². The third-order valence-corrected chi connectivity index (χ3v) is 14.0. The van der Waals surface area contributed by atoms with Gasteiger partial charge in [0.05, 0.1) is 28.1 Å². The molecule has 0 N–H and O–H groups in total. The predicted molar refractivity (Wildman–Crippen MR) is 305 cm³/mol. The molecule has 2 heterocycles. The summed E-state index contributed by atoms with van der Waals surface area (Å²) in [5.74, 6) is 0.676. The van der Waals surface area contributed by atoms with E-state index in [2.05, 4.69) is 265 Å². The van der Waals surface area contributed by atoms with Crippen molar-refractivity contribution < 1.29 is 0 Å². The molecule has 13 rings (SSSR count). The Balaban J connectivity index is 1.21. The highest BCUT2D eigenvalue weighted by molar-refractivity contribution is 6.20. The van der Waals surface area contributed by atoms with Crippen molar-refractivity contribution in [1.29, 1.82) is 0 Å². The first-order valence-corrected chi connectivity index (χ1v) is 24.9. The van der Waals surface area contributed by atoms with Crippen LogP contribution in [-0.2, 0) is 0 Å². The van der Waals surface area contributed by atoms with Gasteiger partial charge in [0, 0.05) is 38.6 Å². The van der Waals surface area contributed by atoms with Gasteiger partial charge in [0.25, 0.3) is 0 Å². The van der Waals surface area contributed by atoms with Gasteiger partial charge in [0.1, 0.15) is 0 Å². The summed E-state index contributed by atoms with van der Waals surface area (Å²) in [5.41, 5.74) is 21.6. The van der Waals surface area contributed by atoms with Crippen LogP contribution in [0.25, 0.3) is 128 Å². The molecule has 3 nitrogen and oxygen atoms in total. The van der Waals surface area contributed by atoms with Crippen molar-refractivity contribution in [2.24, 2.45) is 0 Å². The van der Waals surface area contributed by atoms with Gasteiger partial charge in [-0.15, -0.1) is 0 Å². The first kappa shape index (κ1) is 43.3. The summed E-state index contributed by atoms with van der Waals surface area (Å²) in [4.78, 5) is 10.6. The van der Waals surface area contributed by atoms with Crippen LogP contribution in [-0.4, -0.2) is 14.5 Å². The van der Waals surface area contributed by atoms with Crippen molar-refractivity contribution in [2.45, 2.75) is 0 Å². The molecule has 0 saturated heterocycles. The molecular formula is C70H47N3. The van der Waals surface area contributed by atoms with Crippen LogP contribution in [0.15, 0.2) is 285 Å². The van der Waals surface area contributed by atoms with Gasteiger partial charge < -0.3 is 4.57 Å². The minimum absolute atomic E-state index is 0.676. The highest BCUT2D eigenvalue weighted by atomic mass is 15.0. The zero-order valence-corrected chi connectivity index (χ0v) is 40.0. The van der Waals surface area contributed by atoms with E-state index >= 15 is 0 Å². The third-order valence-electron chi connectivity index (χ3n) is 14.0. The van der Waals surface area contributed by atoms with E-state index in [1.54, 1.807) is 0 Å². The Kier molecular flexibility index (Phi) is 11.2. The van der Waals surface area contributed by atoms with Crippen LogP contribution >= 0.6 is 0 Å². The molecule has 0 unspecified atom stereocenters. The number of hydrogen-bond acceptors (Lipinski definition) is 2. The molecule has 0 spiro atoms. The molecule has 0 atom stereocenters. The number of fused-ring (bicyclic) bond motifs is 3. The zero-order valence-electron chi connectivity index (χ0n) is 40.0. The van der Waals surface area contributed by atoms with Crippen LogP contribution in [0.2, 0.25) is 0 Å². The summed E-state index contributed by atoms with van der Waals surface area (Å²) in [6.45, 7) is 0. The Bertz CT molecular complexity index is 3950. The highest BCUT2D eigenvalue weighted by Crippen LogP contribution is 2.49. The maximum atomic E-state index is 5.42. The largest absolute Gasteiger partial charge is 0.308 e. The fourth-order valence-electron chi connectivity index (χ4n) is 10.6. The van der Waals surface area contributed by atoms with Crippen molar-refractivity contribution >= 4 is 21.8 Å². The van der Waals surface area contributed by atoms with Crippen LogP contribution in [0.3, 0.4) is 0 Å². The van der Waals surface area contributed by atoms with E-state index in [1.807, 2.05) is 24.3 Å². The Hall–Kier alpha value is -9.70. The van der Waals surface area contributed by atoms with Gasteiger partial charge in [-0.1, -0.05) is 243 Å². The Labute approximate surface area is 425 Å². The van der Waals surface area contributed by atoms with E-state index in [0.29, 0.717) is 5.82 Å². The zero-order chi connectivity index (χ0) is 48.5. The monoisotopic (exact) mass is 929 g/mol. The minimum atomic E-state index is 0.676. The van der Waals surface area contributed by atoms with Crippen molar-refractivity contribution in [3.05, 3.63) is 285 Å².